The first-order valence-corrected chi connectivity index (χ1v) is 7.57. The van der Waals surface area contributed by atoms with E-state index in [4.69, 9.17) is 10.4 Å². The lowest BCUT2D eigenvalue weighted by Gasteiger charge is -2.13. The Morgan fingerprint density at radius 1 is 1.32 bits per heavy atom. The lowest BCUT2D eigenvalue weighted by Crippen LogP contribution is -2.16. The summed E-state index contributed by atoms with van der Waals surface area (Å²) in [6.07, 6.45) is 1.28. The number of nitrogens with one attached hydrogen (secondary N) is 1. The Morgan fingerprint density at radius 2 is 2.04 bits per heavy atom. The van der Waals surface area contributed by atoms with Crippen molar-refractivity contribution in [3.8, 4) is 11.8 Å². The van der Waals surface area contributed by atoms with E-state index in [1.807, 2.05) is 31.4 Å². The van der Waals surface area contributed by atoms with Crippen molar-refractivity contribution in [1.82, 2.24) is 9.99 Å². The monoisotopic (exact) mass is 338 g/mol. The highest BCUT2D eigenvalue weighted by Gasteiger charge is 2.13. The second kappa shape index (κ2) is 7.45. The fraction of sp³-hybridized carbons (Fsp3) is 0.222. The molecule has 1 heterocycles. The van der Waals surface area contributed by atoms with Crippen LogP contribution in [0.5, 0.6) is 0 Å². The van der Waals surface area contributed by atoms with E-state index in [2.05, 4.69) is 10.5 Å². The number of rotatable bonds is 5. The first-order valence-electron chi connectivity index (χ1n) is 7.57. The van der Waals surface area contributed by atoms with Crippen molar-refractivity contribution in [1.29, 1.82) is 5.26 Å². The number of aromatic nitrogens is 1. The second-order valence-electron chi connectivity index (χ2n) is 5.60. The van der Waals surface area contributed by atoms with Gasteiger partial charge in [-0.25, -0.2) is 10.2 Å². The summed E-state index contributed by atoms with van der Waals surface area (Å²) in [7, 11) is 0. The van der Waals surface area contributed by atoms with Gasteiger partial charge in [-0.3, -0.25) is 4.79 Å². The number of amides is 1. The molecule has 0 aliphatic heterocycles. The van der Waals surface area contributed by atoms with E-state index in [1.165, 1.54) is 6.21 Å². The lowest BCUT2D eigenvalue weighted by molar-refractivity contribution is -0.120. The smallest absolute Gasteiger partial charge is 0.335 e. The molecule has 0 aliphatic rings. The average Bonchev–Trinajstić information content (AvgIpc) is 2.82. The quantitative estimate of drug-likeness (QED) is 0.645. The van der Waals surface area contributed by atoms with Gasteiger partial charge in [0, 0.05) is 22.6 Å². The number of nitriles is 1. The number of carboxylic acid groups (broad SMARTS) is 1. The van der Waals surface area contributed by atoms with Gasteiger partial charge in [0.15, 0.2) is 0 Å². The van der Waals surface area contributed by atoms with Crippen molar-refractivity contribution in [3.63, 3.8) is 0 Å². The summed E-state index contributed by atoms with van der Waals surface area (Å²) < 4.78 is 2.00. The number of hydrazone groups is 1. The van der Waals surface area contributed by atoms with Crippen molar-refractivity contribution in [3.05, 3.63) is 52.3 Å². The zero-order chi connectivity index (χ0) is 18.6. The molecule has 0 bridgehead atoms. The van der Waals surface area contributed by atoms with Crippen LogP contribution in [0.3, 0.4) is 0 Å². The van der Waals surface area contributed by atoms with Crippen LogP contribution in [0.15, 0.2) is 29.4 Å². The average molecular weight is 338 g/mol. The number of carboxylic acids is 1. The number of carbonyl (C=O) groups is 2. The summed E-state index contributed by atoms with van der Waals surface area (Å²) in [5, 5.41) is 21.4. The Bertz CT molecular complexity index is 904. The first-order chi connectivity index (χ1) is 11.8. The van der Waals surface area contributed by atoms with Crippen molar-refractivity contribution in [2.75, 3.05) is 0 Å². The third kappa shape index (κ3) is 3.93. The number of aryl methyl sites for hydroxylation is 2. The molecule has 128 valence electrons. The van der Waals surface area contributed by atoms with Crippen molar-refractivity contribution in [2.24, 2.45) is 5.10 Å². The minimum Gasteiger partial charge on any atom is -0.478 e. The number of carbonyl (C=O) groups excluding carboxylic acids is 1. The third-order valence-corrected chi connectivity index (χ3v) is 3.79. The van der Waals surface area contributed by atoms with Gasteiger partial charge in [-0.05, 0) is 50.6 Å². The zero-order valence-corrected chi connectivity index (χ0v) is 14.2. The Hall–Kier alpha value is -3.40. The molecular weight excluding hydrogens is 320 g/mol. The van der Waals surface area contributed by atoms with Gasteiger partial charge in [-0.15, -0.1) is 0 Å². The summed E-state index contributed by atoms with van der Waals surface area (Å²) in [5.41, 5.74) is 6.93. The number of benzene rings is 1. The largest absolute Gasteiger partial charge is 0.478 e. The molecule has 0 spiro atoms. The van der Waals surface area contributed by atoms with Crippen molar-refractivity contribution >= 4 is 18.1 Å². The van der Waals surface area contributed by atoms with Gasteiger partial charge < -0.3 is 9.67 Å². The van der Waals surface area contributed by atoms with Crippen LogP contribution >= 0.6 is 0 Å². The topological polar surface area (TPSA) is 107 Å². The first kappa shape index (κ1) is 17.9. The van der Waals surface area contributed by atoms with Gasteiger partial charge in [0.25, 0.3) is 5.91 Å². The van der Waals surface area contributed by atoms with Crippen LogP contribution in [0.2, 0.25) is 0 Å². The predicted molar refractivity (Wildman–Crippen MR) is 92.9 cm³/mol. The number of hydrogen-bond acceptors (Lipinski definition) is 4. The second-order valence-corrected chi connectivity index (χ2v) is 5.60. The number of hydrogen-bond donors (Lipinski definition) is 2. The highest BCUT2D eigenvalue weighted by Crippen LogP contribution is 2.23. The minimum atomic E-state index is -0.962. The van der Waals surface area contributed by atoms with E-state index >= 15 is 0 Å². The normalized spacial score (nSPS) is 10.6. The predicted octanol–water partition coefficient (Wildman–Crippen LogP) is 2.46. The number of nitrogens with zero attached hydrogens (tertiary/aromatic N) is 3. The van der Waals surface area contributed by atoms with E-state index < -0.39 is 11.9 Å². The van der Waals surface area contributed by atoms with Crippen molar-refractivity contribution in [2.45, 2.75) is 27.2 Å². The molecule has 1 aromatic carbocycles. The van der Waals surface area contributed by atoms with E-state index in [0.717, 1.165) is 28.2 Å². The minimum absolute atomic E-state index is 0.241. The number of aromatic carboxylic acids is 1. The van der Waals surface area contributed by atoms with Gasteiger partial charge in [0.2, 0.25) is 0 Å². The maximum Gasteiger partial charge on any atom is 0.335 e. The molecule has 1 aromatic heterocycles. The fourth-order valence-corrected chi connectivity index (χ4v) is 2.61. The van der Waals surface area contributed by atoms with Gasteiger partial charge in [0.05, 0.1) is 17.8 Å². The Labute approximate surface area is 145 Å². The molecule has 1 amide bonds. The van der Waals surface area contributed by atoms with Gasteiger partial charge in [0.1, 0.15) is 6.42 Å². The van der Waals surface area contributed by atoms with Crippen LogP contribution in [-0.2, 0) is 4.79 Å². The summed E-state index contributed by atoms with van der Waals surface area (Å²) in [6, 6.07) is 8.64. The molecule has 0 radical (unpaired) electrons. The Kier molecular flexibility index (Phi) is 5.35. The van der Waals surface area contributed by atoms with E-state index in [1.54, 1.807) is 24.3 Å². The maximum absolute atomic E-state index is 11.2. The van der Waals surface area contributed by atoms with Crippen molar-refractivity contribution < 1.29 is 14.7 Å². The zero-order valence-electron chi connectivity index (χ0n) is 14.2. The molecule has 7 nitrogen and oxygen atoms in total. The molecule has 0 aliphatic carbocycles. The molecule has 0 unspecified atom stereocenters. The van der Waals surface area contributed by atoms with Crippen LogP contribution in [0.4, 0.5) is 0 Å². The molecule has 2 aromatic rings. The van der Waals surface area contributed by atoms with Crippen LogP contribution < -0.4 is 5.43 Å². The molecule has 25 heavy (non-hydrogen) atoms. The third-order valence-electron chi connectivity index (χ3n) is 3.79. The fourth-order valence-electron chi connectivity index (χ4n) is 2.61. The molecule has 0 saturated heterocycles. The van der Waals surface area contributed by atoms with Crippen LogP contribution in [-0.4, -0.2) is 27.8 Å². The van der Waals surface area contributed by atoms with Gasteiger partial charge in [-0.2, -0.15) is 10.4 Å². The molecule has 0 fully saturated rings. The SMILES string of the molecule is Cc1cc(C(=O)O)ccc1-n1c(C)cc(/C=N\NC(=O)CC#N)c1C. The highest BCUT2D eigenvalue weighted by atomic mass is 16.4. The molecule has 2 rings (SSSR count). The summed E-state index contributed by atoms with van der Waals surface area (Å²) in [5.74, 6) is -1.43. The van der Waals surface area contributed by atoms with E-state index in [-0.39, 0.29) is 12.0 Å². The molecule has 0 atom stereocenters. The molecule has 2 N–H and O–H groups in total. The van der Waals surface area contributed by atoms with Crippen LogP contribution in [0.25, 0.3) is 5.69 Å². The summed E-state index contributed by atoms with van der Waals surface area (Å²) in [4.78, 5) is 22.3. The van der Waals surface area contributed by atoms with Crippen LogP contribution in [0, 0.1) is 32.1 Å². The lowest BCUT2D eigenvalue weighted by atomic mass is 10.1. The molecular formula is C18H18N4O3. The van der Waals surface area contributed by atoms with Gasteiger partial charge in [-0.1, -0.05) is 0 Å². The van der Waals surface area contributed by atoms with E-state index in [9.17, 15) is 9.59 Å². The summed E-state index contributed by atoms with van der Waals surface area (Å²) >= 11 is 0. The summed E-state index contributed by atoms with van der Waals surface area (Å²) in [6.45, 7) is 5.70. The molecule has 0 saturated carbocycles. The maximum atomic E-state index is 11.2. The Balaban J connectivity index is 2.34. The highest BCUT2D eigenvalue weighted by molar-refractivity contribution is 5.88. The Morgan fingerprint density at radius 3 is 2.64 bits per heavy atom. The standard InChI is InChI=1S/C18H18N4O3/c1-11-8-14(18(24)25)4-5-16(11)22-12(2)9-15(13(22)3)10-20-21-17(23)6-7-19/h4-5,8-10H,6H2,1-3H3,(H,21,23)(H,24,25)/b20-10-. The molecule has 7 heteroatoms. The van der Waals surface area contributed by atoms with E-state index in [0.29, 0.717) is 0 Å². The van der Waals surface area contributed by atoms with Gasteiger partial charge >= 0.3 is 5.97 Å². The van der Waals surface area contributed by atoms with Crippen LogP contribution in [0.1, 0.15) is 39.3 Å².